The Kier molecular flexibility index (Phi) is 5.17. The first-order valence-electron chi connectivity index (χ1n) is 4.93. The van der Waals surface area contributed by atoms with Gasteiger partial charge in [-0.25, -0.2) is 0 Å². The molecule has 17 heavy (non-hydrogen) atoms. The molecule has 0 spiro atoms. The van der Waals surface area contributed by atoms with Gasteiger partial charge in [-0.05, 0) is 6.26 Å². The summed E-state index contributed by atoms with van der Waals surface area (Å²) in [6.07, 6.45) is -4.10. The van der Waals surface area contributed by atoms with Crippen molar-refractivity contribution in [2.45, 2.75) is 36.0 Å². The zero-order valence-electron chi connectivity index (χ0n) is 9.13. The summed E-state index contributed by atoms with van der Waals surface area (Å²) < 4.78 is 5.23. The molecular weight excluding hydrogens is 250 g/mol. The number of aliphatic hydroxyl groups excluding tert-OH is 4. The summed E-state index contributed by atoms with van der Waals surface area (Å²) in [5, 5.41) is 38.0. The van der Waals surface area contributed by atoms with Crippen molar-refractivity contribution in [3.05, 3.63) is 6.42 Å². The lowest BCUT2D eigenvalue weighted by Gasteiger charge is -2.40. The molecule has 1 heterocycles. The van der Waals surface area contributed by atoms with E-state index < -0.39 is 41.9 Å². The number of aliphatic hydroxyl groups is 4. The molecule has 6 atom stereocenters. The van der Waals surface area contributed by atoms with Crippen LogP contribution in [0.3, 0.4) is 0 Å². The second-order valence-electron chi connectivity index (χ2n) is 3.72. The highest BCUT2D eigenvalue weighted by molar-refractivity contribution is 7.99. The monoisotopic (exact) mass is 266 g/mol. The molecule has 8 heteroatoms. The number of nitrogens with two attached hydrogens (primary N) is 1. The average Bonchev–Trinajstić information content (AvgIpc) is 2.29. The molecule has 1 radical (unpaired) electrons. The summed E-state index contributed by atoms with van der Waals surface area (Å²) in [6.45, 7) is 0. The number of amides is 1. The van der Waals surface area contributed by atoms with Crippen molar-refractivity contribution in [3.8, 4) is 0 Å². The number of hydrogen-bond donors (Lipinski definition) is 5. The Hall–Kier alpha value is -0.380. The third-order valence-corrected chi connectivity index (χ3v) is 3.36. The fraction of sp³-hybridized carbons (Fsp3) is 0.778. The van der Waals surface area contributed by atoms with Crippen molar-refractivity contribution in [1.29, 1.82) is 0 Å². The molecule has 7 nitrogen and oxygen atoms in total. The quantitative estimate of drug-likeness (QED) is 0.371. The number of carbonyl (C=O) groups is 1. The van der Waals surface area contributed by atoms with E-state index in [1.165, 1.54) is 0 Å². The Morgan fingerprint density at radius 1 is 1.35 bits per heavy atom. The molecule has 1 rings (SSSR count). The molecule has 1 fully saturated rings. The zero-order chi connectivity index (χ0) is 13.2. The molecule has 6 unspecified atom stereocenters. The second kappa shape index (κ2) is 5.98. The molecule has 0 aromatic rings. The van der Waals surface area contributed by atoms with Gasteiger partial charge in [0.15, 0.2) is 0 Å². The summed E-state index contributed by atoms with van der Waals surface area (Å²) >= 11 is 1.14. The Morgan fingerprint density at radius 3 is 2.41 bits per heavy atom. The predicted octanol–water partition coefficient (Wildman–Crippen LogP) is -2.79. The van der Waals surface area contributed by atoms with Gasteiger partial charge < -0.3 is 30.9 Å². The van der Waals surface area contributed by atoms with E-state index in [0.29, 0.717) is 0 Å². The van der Waals surface area contributed by atoms with Crippen molar-refractivity contribution >= 4 is 17.7 Å². The topological polar surface area (TPSA) is 133 Å². The van der Waals surface area contributed by atoms with Crippen LogP contribution in [-0.2, 0) is 9.53 Å². The van der Waals surface area contributed by atoms with E-state index >= 15 is 0 Å². The normalized spacial score (nSPS) is 39.9. The van der Waals surface area contributed by atoms with Crippen LogP contribution in [0.4, 0.5) is 0 Å². The minimum atomic E-state index is -1.58. The minimum Gasteiger partial charge on any atom is -0.388 e. The maximum absolute atomic E-state index is 10.7. The van der Waals surface area contributed by atoms with Crippen LogP contribution in [0, 0.1) is 6.42 Å². The lowest BCUT2D eigenvalue weighted by molar-refractivity contribution is -0.191. The van der Waals surface area contributed by atoms with Gasteiger partial charge in [0, 0.05) is 6.42 Å². The van der Waals surface area contributed by atoms with Crippen molar-refractivity contribution in [2.75, 3.05) is 6.26 Å². The zero-order valence-corrected chi connectivity index (χ0v) is 9.95. The van der Waals surface area contributed by atoms with Crippen LogP contribution in [-0.4, -0.2) is 68.5 Å². The Morgan fingerprint density at radius 2 is 1.94 bits per heavy atom. The molecule has 0 aliphatic carbocycles. The fourth-order valence-corrected chi connectivity index (χ4v) is 2.18. The first kappa shape index (κ1) is 14.7. The van der Waals surface area contributed by atoms with Crippen molar-refractivity contribution in [1.82, 2.24) is 0 Å². The van der Waals surface area contributed by atoms with Gasteiger partial charge in [-0.1, -0.05) is 0 Å². The third kappa shape index (κ3) is 3.30. The molecule has 0 aromatic heterocycles. The molecule has 1 saturated heterocycles. The number of thioether (sulfide) groups is 1. The van der Waals surface area contributed by atoms with Crippen molar-refractivity contribution in [2.24, 2.45) is 5.73 Å². The van der Waals surface area contributed by atoms with E-state index in [1.54, 1.807) is 6.26 Å². The van der Waals surface area contributed by atoms with Crippen LogP contribution in [0.25, 0.3) is 0 Å². The number of ether oxygens (including phenoxy) is 1. The maximum Gasteiger partial charge on any atom is 0.246 e. The van der Waals surface area contributed by atoms with Crippen LogP contribution in [0.15, 0.2) is 0 Å². The van der Waals surface area contributed by atoms with Gasteiger partial charge in [0.05, 0.1) is 6.10 Å². The summed E-state index contributed by atoms with van der Waals surface area (Å²) in [5.74, 6) is -0.984. The highest BCUT2D eigenvalue weighted by Crippen LogP contribution is 2.28. The van der Waals surface area contributed by atoms with E-state index in [0.717, 1.165) is 18.2 Å². The first-order chi connectivity index (χ1) is 7.88. The molecule has 1 aliphatic heterocycles. The van der Waals surface area contributed by atoms with Gasteiger partial charge in [-0.3, -0.25) is 4.79 Å². The van der Waals surface area contributed by atoms with Crippen molar-refractivity contribution < 1.29 is 30.0 Å². The molecule has 0 saturated carbocycles. The van der Waals surface area contributed by atoms with Gasteiger partial charge >= 0.3 is 0 Å². The van der Waals surface area contributed by atoms with Crippen LogP contribution in [0.2, 0.25) is 0 Å². The molecule has 1 amide bonds. The first-order valence-corrected chi connectivity index (χ1v) is 6.22. The molecule has 1 aliphatic rings. The van der Waals surface area contributed by atoms with Gasteiger partial charge in [0.1, 0.15) is 29.9 Å². The minimum absolute atomic E-state index is 0.755. The van der Waals surface area contributed by atoms with E-state index in [-0.39, 0.29) is 0 Å². The smallest absolute Gasteiger partial charge is 0.246 e. The van der Waals surface area contributed by atoms with Crippen LogP contribution < -0.4 is 5.73 Å². The highest BCUT2D eigenvalue weighted by atomic mass is 32.2. The number of hydrogen-bond acceptors (Lipinski definition) is 7. The van der Waals surface area contributed by atoms with E-state index in [2.05, 4.69) is 0 Å². The Labute approximate surface area is 103 Å². The highest BCUT2D eigenvalue weighted by Gasteiger charge is 2.44. The average molecular weight is 266 g/mol. The van der Waals surface area contributed by atoms with Crippen LogP contribution >= 0.6 is 11.8 Å². The van der Waals surface area contributed by atoms with E-state index in [9.17, 15) is 25.2 Å². The summed E-state index contributed by atoms with van der Waals surface area (Å²) in [5.41, 5.74) is 4.10. The molecule has 0 bridgehead atoms. The molecule has 0 aromatic carbocycles. The number of carbonyl (C=O) groups excluding carboxylic acids is 1. The summed E-state index contributed by atoms with van der Waals surface area (Å²) in [4.78, 5) is 10.7. The van der Waals surface area contributed by atoms with E-state index in [4.69, 9.17) is 10.5 Å². The van der Waals surface area contributed by atoms with Crippen LogP contribution in [0.5, 0.6) is 0 Å². The number of primary amides is 1. The maximum atomic E-state index is 10.7. The summed E-state index contributed by atoms with van der Waals surface area (Å²) in [7, 11) is 0. The Balaban J connectivity index is 2.68. The van der Waals surface area contributed by atoms with Crippen molar-refractivity contribution in [3.63, 3.8) is 0 Å². The fourth-order valence-electron chi connectivity index (χ4n) is 1.50. The van der Waals surface area contributed by atoms with Crippen LogP contribution in [0.1, 0.15) is 0 Å². The SMILES string of the molecule is CSC1OC([CH]C(O)C(N)=O)C(O)C(O)C1O. The largest absolute Gasteiger partial charge is 0.388 e. The summed E-state index contributed by atoms with van der Waals surface area (Å²) in [6, 6.07) is 0. The molecule has 99 valence electrons. The second-order valence-corrected chi connectivity index (χ2v) is 4.65. The number of rotatable bonds is 4. The standard InChI is InChI=1S/C9H16NO6S/c1-17-9-7(14)6(13)5(12)4(16-9)2-3(11)8(10)15/h2-7,9,11-14H,1H3,(H2,10,15). The van der Waals surface area contributed by atoms with Gasteiger partial charge in [0.25, 0.3) is 0 Å². The molecule has 6 N–H and O–H groups in total. The van der Waals surface area contributed by atoms with Gasteiger partial charge in [-0.15, -0.1) is 11.8 Å². The predicted molar refractivity (Wildman–Crippen MR) is 59.7 cm³/mol. The van der Waals surface area contributed by atoms with Gasteiger partial charge in [0.2, 0.25) is 5.91 Å². The molecular formula is C9H16NO6S. The third-order valence-electron chi connectivity index (χ3n) is 2.50. The lowest BCUT2D eigenvalue weighted by atomic mass is 9.96. The van der Waals surface area contributed by atoms with E-state index in [1.807, 2.05) is 0 Å². The Bertz CT molecular complexity index is 276. The lowest BCUT2D eigenvalue weighted by Crippen LogP contribution is -2.57. The van der Waals surface area contributed by atoms with Gasteiger partial charge in [-0.2, -0.15) is 0 Å².